The van der Waals surface area contributed by atoms with Gasteiger partial charge in [0.25, 0.3) is 0 Å². The third-order valence-electron chi connectivity index (χ3n) is 3.07. The van der Waals surface area contributed by atoms with Crippen LogP contribution in [-0.2, 0) is 19.6 Å². The first-order chi connectivity index (χ1) is 8.98. The van der Waals surface area contributed by atoms with E-state index < -0.39 is 22.0 Å². The van der Waals surface area contributed by atoms with Crippen molar-refractivity contribution in [3.8, 4) is 0 Å². The van der Waals surface area contributed by atoms with Gasteiger partial charge in [-0.15, -0.1) is 0 Å². The van der Waals surface area contributed by atoms with Crippen molar-refractivity contribution in [2.75, 3.05) is 13.7 Å². The summed E-state index contributed by atoms with van der Waals surface area (Å²) in [6, 6.07) is 7.28. The second-order valence-electron chi connectivity index (χ2n) is 4.20. The van der Waals surface area contributed by atoms with Crippen LogP contribution in [0.3, 0.4) is 0 Å². The Morgan fingerprint density at radius 2 is 2.00 bits per heavy atom. The quantitative estimate of drug-likeness (QED) is 0.612. The van der Waals surface area contributed by atoms with Crippen LogP contribution in [0.2, 0.25) is 0 Å². The monoisotopic (exact) mass is 347 g/mol. The largest absolute Gasteiger partial charge is 0.468 e. The highest BCUT2D eigenvalue weighted by atomic mass is 79.9. The SMILES string of the molecule is COC(=O)C1C(Br)CCN1S(=O)(=O)c1ccccc1. The van der Waals surface area contributed by atoms with Crippen LogP contribution in [0.5, 0.6) is 0 Å². The summed E-state index contributed by atoms with van der Waals surface area (Å²) >= 11 is 3.34. The van der Waals surface area contributed by atoms with E-state index in [0.29, 0.717) is 13.0 Å². The number of ether oxygens (including phenoxy) is 1. The lowest BCUT2D eigenvalue weighted by Gasteiger charge is -2.23. The molecule has 1 aromatic rings. The van der Waals surface area contributed by atoms with E-state index in [1.165, 1.54) is 23.5 Å². The molecule has 1 heterocycles. The predicted octanol–water partition coefficient (Wildman–Crippen LogP) is 1.39. The van der Waals surface area contributed by atoms with Gasteiger partial charge in [-0.05, 0) is 18.6 Å². The molecule has 19 heavy (non-hydrogen) atoms. The van der Waals surface area contributed by atoms with Gasteiger partial charge >= 0.3 is 5.97 Å². The van der Waals surface area contributed by atoms with Crippen LogP contribution >= 0.6 is 15.9 Å². The predicted molar refractivity (Wildman–Crippen MR) is 73.5 cm³/mol. The molecule has 1 aliphatic heterocycles. The molecule has 104 valence electrons. The van der Waals surface area contributed by atoms with Crippen LogP contribution in [0.15, 0.2) is 35.2 Å². The molecule has 0 aromatic heterocycles. The zero-order valence-electron chi connectivity index (χ0n) is 10.3. The van der Waals surface area contributed by atoms with Crippen molar-refractivity contribution in [2.24, 2.45) is 0 Å². The fourth-order valence-electron chi connectivity index (χ4n) is 2.11. The first kappa shape index (κ1) is 14.5. The summed E-state index contributed by atoms with van der Waals surface area (Å²) < 4.78 is 30.9. The highest BCUT2D eigenvalue weighted by Crippen LogP contribution is 2.30. The number of nitrogens with zero attached hydrogens (tertiary/aromatic N) is 1. The molecule has 5 nitrogen and oxygen atoms in total. The summed E-state index contributed by atoms with van der Waals surface area (Å²) in [5, 5.41) is 0. The van der Waals surface area contributed by atoms with Gasteiger partial charge in [0, 0.05) is 11.4 Å². The van der Waals surface area contributed by atoms with E-state index in [1.807, 2.05) is 0 Å². The summed E-state index contributed by atoms with van der Waals surface area (Å²) in [5.74, 6) is -0.543. The topological polar surface area (TPSA) is 63.7 Å². The molecule has 0 saturated carbocycles. The van der Waals surface area contributed by atoms with Crippen molar-refractivity contribution < 1.29 is 17.9 Å². The number of carbonyl (C=O) groups is 1. The molecule has 1 saturated heterocycles. The lowest BCUT2D eigenvalue weighted by molar-refractivity contribution is -0.144. The van der Waals surface area contributed by atoms with E-state index in [-0.39, 0.29) is 9.72 Å². The molecule has 0 aliphatic carbocycles. The van der Waals surface area contributed by atoms with Crippen LogP contribution in [0.25, 0.3) is 0 Å². The fraction of sp³-hybridized carbons (Fsp3) is 0.417. The number of esters is 1. The van der Waals surface area contributed by atoms with E-state index >= 15 is 0 Å². The molecule has 0 N–H and O–H groups in total. The van der Waals surface area contributed by atoms with Gasteiger partial charge in [0.1, 0.15) is 6.04 Å². The zero-order valence-corrected chi connectivity index (χ0v) is 12.7. The van der Waals surface area contributed by atoms with Crippen LogP contribution in [0.1, 0.15) is 6.42 Å². The normalized spacial score (nSPS) is 24.3. The van der Waals surface area contributed by atoms with Crippen molar-refractivity contribution in [1.29, 1.82) is 0 Å². The number of halogens is 1. The van der Waals surface area contributed by atoms with Crippen LogP contribution < -0.4 is 0 Å². The van der Waals surface area contributed by atoms with Gasteiger partial charge in [0.05, 0.1) is 12.0 Å². The molecule has 0 amide bonds. The number of alkyl halides is 1. The molecule has 2 unspecified atom stereocenters. The Labute approximate surface area is 120 Å². The van der Waals surface area contributed by atoms with Gasteiger partial charge in [-0.2, -0.15) is 4.31 Å². The van der Waals surface area contributed by atoms with Crippen molar-refractivity contribution in [3.63, 3.8) is 0 Å². The maximum absolute atomic E-state index is 12.5. The van der Waals surface area contributed by atoms with Gasteiger partial charge in [0.15, 0.2) is 0 Å². The fourth-order valence-corrected chi connectivity index (χ4v) is 4.62. The minimum atomic E-state index is -3.67. The van der Waals surface area contributed by atoms with E-state index in [4.69, 9.17) is 4.74 Å². The summed E-state index contributed by atoms with van der Waals surface area (Å²) in [6.07, 6.45) is 0.575. The van der Waals surface area contributed by atoms with E-state index in [1.54, 1.807) is 18.2 Å². The van der Waals surface area contributed by atoms with Crippen molar-refractivity contribution in [1.82, 2.24) is 4.31 Å². The maximum Gasteiger partial charge on any atom is 0.325 e. The Morgan fingerprint density at radius 3 is 2.58 bits per heavy atom. The Bertz CT molecular complexity index is 560. The number of hydrogen-bond acceptors (Lipinski definition) is 4. The number of hydrogen-bond donors (Lipinski definition) is 0. The molecule has 7 heteroatoms. The minimum absolute atomic E-state index is 0.186. The smallest absolute Gasteiger partial charge is 0.325 e. The number of methoxy groups -OCH3 is 1. The molecule has 1 fully saturated rings. The number of sulfonamides is 1. The molecule has 1 aromatic carbocycles. The number of carbonyl (C=O) groups excluding carboxylic acids is 1. The Balaban J connectivity index is 2.38. The second-order valence-corrected chi connectivity index (χ2v) is 7.27. The van der Waals surface area contributed by atoms with E-state index in [9.17, 15) is 13.2 Å². The Hall–Kier alpha value is -0.920. The van der Waals surface area contributed by atoms with Gasteiger partial charge < -0.3 is 4.74 Å². The highest BCUT2D eigenvalue weighted by Gasteiger charge is 2.45. The molecule has 2 rings (SSSR count). The summed E-state index contributed by atoms with van der Waals surface area (Å²) in [5.41, 5.74) is 0. The first-order valence-electron chi connectivity index (χ1n) is 5.77. The minimum Gasteiger partial charge on any atom is -0.468 e. The lowest BCUT2D eigenvalue weighted by Crippen LogP contribution is -2.44. The van der Waals surface area contributed by atoms with Gasteiger partial charge in [0.2, 0.25) is 10.0 Å². The summed E-state index contributed by atoms with van der Waals surface area (Å²) in [7, 11) is -2.42. The lowest BCUT2D eigenvalue weighted by atomic mass is 10.2. The summed E-state index contributed by atoms with van der Waals surface area (Å²) in [6.45, 7) is 0.299. The third-order valence-corrected chi connectivity index (χ3v) is 5.92. The second kappa shape index (κ2) is 5.60. The van der Waals surface area contributed by atoms with Crippen molar-refractivity contribution >= 4 is 31.9 Å². The Morgan fingerprint density at radius 1 is 1.37 bits per heavy atom. The van der Waals surface area contributed by atoms with Gasteiger partial charge in [-0.25, -0.2) is 8.42 Å². The van der Waals surface area contributed by atoms with Crippen molar-refractivity contribution in [2.45, 2.75) is 22.2 Å². The molecular weight excluding hydrogens is 334 g/mol. The molecular formula is C12H14BrNO4S. The third kappa shape index (κ3) is 2.68. The molecule has 2 atom stereocenters. The molecule has 0 bridgehead atoms. The first-order valence-corrected chi connectivity index (χ1v) is 8.13. The van der Waals surface area contributed by atoms with Crippen molar-refractivity contribution in [3.05, 3.63) is 30.3 Å². The maximum atomic E-state index is 12.5. The van der Waals surface area contributed by atoms with Gasteiger partial charge in [-0.1, -0.05) is 34.1 Å². The van der Waals surface area contributed by atoms with Crippen LogP contribution in [0.4, 0.5) is 0 Å². The average molecular weight is 348 g/mol. The average Bonchev–Trinajstić information content (AvgIpc) is 2.81. The molecule has 0 spiro atoms. The highest BCUT2D eigenvalue weighted by molar-refractivity contribution is 9.09. The van der Waals surface area contributed by atoms with E-state index in [2.05, 4.69) is 15.9 Å². The van der Waals surface area contributed by atoms with E-state index in [0.717, 1.165) is 0 Å². The zero-order chi connectivity index (χ0) is 14.0. The van der Waals surface area contributed by atoms with Gasteiger partial charge in [-0.3, -0.25) is 4.79 Å². The van der Waals surface area contributed by atoms with Crippen LogP contribution in [0, 0.1) is 0 Å². The van der Waals surface area contributed by atoms with Crippen LogP contribution in [-0.4, -0.2) is 43.2 Å². The molecule has 1 aliphatic rings. The standard InChI is InChI=1S/C12H14BrNO4S/c1-18-12(15)11-10(13)7-8-14(11)19(16,17)9-5-3-2-4-6-9/h2-6,10-11H,7-8H2,1H3. The number of benzene rings is 1. The Kier molecular flexibility index (Phi) is 4.27. The number of rotatable bonds is 3. The summed E-state index contributed by atoms with van der Waals surface area (Å²) in [4.78, 5) is 11.7. The molecule has 0 radical (unpaired) electrons.